The highest BCUT2D eigenvalue weighted by Gasteiger charge is 2.47. The number of ketones is 1. The zero-order valence-electron chi connectivity index (χ0n) is 31.8. The molecule has 0 bridgehead atoms. The summed E-state index contributed by atoms with van der Waals surface area (Å²) in [5.41, 5.74) is -0.831. The largest absolute Gasteiger partial charge is 0.507 e. The van der Waals surface area contributed by atoms with E-state index in [1.165, 1.54) is 32.2 Å². The predicted molar refractivity (Wildman–Crippen MR) is 206 cm³/mol. The molecule has 12 N–H and O–H groups in total. The summed E-state index contributed by atoms with van der Waals surface area (Å²) in [6.45, 7) is 3.22. The smallest absolute Gasteiger partial charge is 0.170 e. The molecule has 16 nitrogen and oxygen atoms in total. The lowest BCUT2D eigenvalue weighted by molar-refractivity contribution is 0.000679. The van der Waals surface area contributed by atoms with Crippen molar-refractivity contribution < 1.29 is 80.3 Å². The number of phenolic OH excluding ortho intramolecular Hbond substituents is 10. The van der Waals surface area contributed by atoms with Crippen molar-refractivity contribution in [3.05, 3.63) is 98.6 Å². The highest BCUT2D eigenvalue weighted by Crippen LogP contribution is 2.59. The molecule has 310 valence electrons. The fraction of sp³-hybridized carbons (Fsp3) is 0.279. The number of fused-ring (bicyclic) bond motifs is 2. The molecule has 0 aromatic heterocycles. The van der Waals surface area contributed by atoms with Crippen molar-refractivity contribution in [2.24, 2.45) is 0 Å². The van der Waals surface area contributed by atoms with Crippen molar-refractivity contribution in [1.29, 1.82) is 0 Å². The van der Waals surface area contributed by atoms with E-state index in [1.54, 1.807) is 6.92 Å². The van der Waals surface area contributed by atoms with Crippen LogP contribution in [0.2, 0.25) is 0 Å². The van der Waals surface area contributed by atoms with Crippen LogP contribution in [0.25, 0.3) is 0 Å². The SMILES string of the molecule is CCCC(=O)c1c(O)c(Cc2c(O)cc(O)c3c2O[C@H](c2ccc(O)c(O)c2)[C@@H](O)[C@@H]3c2c(O)cc(O)c3c2O[C@H](c2ccc(O)c(O)c2)[C@H](O)C3)c(O)c(C)c1OC. The number of Topliss-reactive ketones (excluding diaryl/α,β-unsaturated/α-hetero) is 1. The molecule has 0 spiro atoms. The molecule has 0 amide bonds. The van der Waals surface area contributed by atoms with Crippen molar-refractivity contribution in [2.45, 2.75) is 69.9 Å². The number of aliphatic hydroxyl groups is 2. The first-order chi connectivity index (χ1) is 28.0. The van der Waals surface area contributed by atoms with E-state index in [9.17, 15) is 66.1 Å². The number of carbonyl (C=O) groups excluding carboxylic acids is 1. The molecule has 2 aliphatic heterocycles. The molecular formula is C43H42O16. The minimum Gasteiger partial charge on any atom is -0.507 e. The highest BCUT2D eigenvalue weighted by molar-refractivity contribution is 6.02. The average molecular weight is 815 g/mol. The minimum absolute atomic E-state index is 0.0186. The van der Waals surface area contributed by atoms with E-state index in [4.69, 9.17) is 14.2 Å². The van der Waals surface area contributed by atoms with Crippen LogP contribution in [0.4, 0.5) is 0 Å². The molecule has 5 aromatic carbocycles. The number of methoxy groups -OCH3 is 1. The predicted octanol–water partition coefficient (Wildman–Crippen LogP) is 5.30. The Morgan fingerprint density at radius 3 is 1.81 bits per heavy atom. The first-order valence-corrected chi connectivity index (χ1v) is 18.5. The number of carbonyl (C=O) groups is 1. The Balaban J connectivity index is 1.49. The second kappa shape index (κ2) is 15.1. The molecule has 0 saturated carbocycles. The van der Waals surface area contributed by atoms with Gasteiger partial charge < -0.3 is 75.5 Å². The van der Waals surface area contributed by atoms with Gasteiger partial charge in [0, 0.05) is 64.8 Å². The van der Waals surface area contributed by atoms with Gasteiger partial charge in [-0.2, -0.15) is 0 Å². The molecule has 7 rings (SSSR count). The molecule has 0 radical (unpaired) electrons. The molecule has 0 aliphatic carbocycles. The van der Waals surface area contributed by atoms with Crippen LogP contribution in [-0.4, -0.2) is 86.4 Å². The van der Waals surface area contributed by atoms with Crippen LogP contribution >= 0.6 is 0 Å². The second-order valence-corrected chi connectivity index (χ2v) is 14.6. The maximum Gasteiger partial charge on any atom is 0.170 e. The topological polar surface area (TPSA) is 288 Å². The van der Waals surface area contributed by atoms with Crippen molar-refractivity contribution in [2.75, 3.05) is 7.11 Å². The Bertz CT molecular complexity index is 2510. The summed E-state index contributed by atoms with van der Waals surface area (Å²) in [7, 11) is 1.27. The molecule has 16 heteroatoms. The van der Waals surface area contributed by atoms with E-state index in [2.05, 4.69) is 0 Å². The summed E-state index contributed by atoms with van der Waals surface area (Å²) in [5, 5.41) is 133. The number of ether oxygens (including phenoxy) is 3. The molecule has 0 unspecified atom stereocenters. The number of hydrogen-bond donors (Lipinski definition) is 12. The molecule has 0 fully saturated rings. The van der Waals surface area contributed by atoms with Crippen LogP contribution < -0.4 is 14.2 Å². The van der Waals surface area contributed by atoms with E-state index in [1.807, 2.05) is 0 Å². The molecule has 5 aromatic rings. The van der Waals surface area contributed by atoms with Crippen LogP contribution in [0.1, 0.15) is 92.8 Å². The summed E-state index contributed by atoms with van der Waals surface area (Å²) in [4.78, 5) is 13.3. The normalized spacial score (nSPS) is 19.6. The lowest BCUT2D eigenvalue weighted by Gasteiger charge is -2.41. The minimum atomic E-state index is -1.82. The van der Waals surface area contributed by atoms with Gasteiger partial charge in [0.05, 0.1) is 19.1 Å². The summed E-state index contributed by atoms with van der Waals surface area (Å²) < 4.78 is 18.1. The zero-order chi connectivity index (χ0) is 42.8. The van der Waals surface area contributed by atoms with Gasteiger partial charge in [0.15, 0.2) is 34.9 Å². The third-order valence-corrected chi connectivity index (χ3v) is 11.0. The summed E-state index contributed by atoms with van der Waals surface area (Å²) in [6.07, 6.45) is -6.40. The molecule has 2 heterocycles. The second-order valence-electron chi connectivity index (χ2n) is 14.6. The van der Waals surface area contributed by atoms with Crippen molar-refractivity contribution in [1.82, 2.24) is 0 Å². The Labute approximate surface area is 335 Å². The van der Waals surface area contributed by atoms with E-state index in [0.29, 0.717) is 6.42 Å². The Hall–Kier alpha value is -6.91. The van der Waals surface area contributed by atoms with Crippen LogP contribution in [0, 0.1) is 6.92 Å². The monoisotopic (exact) mass is 814 g/mol. The van der Waals surface area contributed by atoms with Gasteiger partial charge in [-0.05, 0) is 48.7 Å². The molecule has 5 atom stereocenters. The Morgan fingerprint density at radius 1 is 0.678 bits per heavy atom. The van der Waals surface area contributed by atoms with Gasteiger partial charge in [0.25, 0.3) is 0 Å². The number of aliphatic hydroxyl groups excluding tert-OH is 2. The third kappa shape index (κ3) is 6.65. The van der Waals surface area contributed by atoms with E-state index >= 15 is 0 Å². The third-order valence-electron chi connectivity index (χ3n) is 11.0. The molecule has 2 aliphatic rings. The fourth-order valence-corrected chi connectivity index (χ4v) is 8.09. The Morgan fingerprint density at radius 2 is 1.24 bits per heavy atom. The van der Waals surface area contributed by atoms with E-state index in [0.717, 1.165) is 30.3 Å². The van der Waals surface area contributed by atoms with Crippen LogP contribution in [0.5, 0.6) is 74.7 Å². The maximum absolute atomic E-state index is 13.3. The first kappa shape index (κ1) is 40.3. The maximum atomic E-state index is 13.3. The average Bonchev–Trinajstić information content (AvgIpc) is 3.18. The molecule has 0 saturated heterocycles. The van der Waals surface area contributed by atoms with Gasteiger partial charge in [-0.1, -0.05) is 19.1 Å². The number of aromatic hydroxyl groups is 10. The number of phenols is 10. The van der Waals surface area contributed by atoms with Gasteiger partial charge in [-0.15, -0.1) is 0 Å². The van der Waals surface area contributed by atoms with Gasteiger partial charge in [-0.25, -0.2) is 0 Å². The first-order valence-electron chi connectivity index (χ1n) is 18.5. The van der Waals surface area contributed by atoms with Gasteiger partial charge in [-0.3, -0.25) is 4.79 Å². The Kier molecular flexibility index (Phi) is 10.3. The summed E-state index contributed by atoms with van der Waals surface area (Å²) >= 11 is 0. The van der Waals surface area contributed by atoms with Crippen molar-refractivity contribution in [3.63, 3.8) is 0 Å². The number of benzene rings is 5. The standard InChI is InChI=1S/C43H42O16/c1-4-5-24(46)34-37(55)21(36(54)16(2)39(34)57-3)12-19-25(47)14-29(51)32-35(38(56)41(59-42(19)32)18-7-9-23(45)28(50)11-18)33-30(52)15-26(48)20-13-31(53)40(58-43(20)33)17-6-8-22(44)27(49)10-17/h6-11,14-15,31,35,38,40-41,44-45,47-56H,4-5,12-13H2,1-3H3/t31-,35+,38+,40-,41-/m1/s1. The molecular weight excluding hydrogens is 772 g/mol. The lowest BCUT2D eigenvalue weighted by atomic mass is 9.76. The van der Waals surface area contributed by atoms with Crippen molar-refractivity contribution >= 4 is 5.78 Å². The van der Waals surface area contributed by atoms with Gasteiger partial charge >= 0.3 is 0 Å². The summed E-state index contributed by atoms with van der Waals surface area (Å²) in [6, 6.07) is 9.08. The number of rotatable bonds is 9. The van der Waals surface area contributed by atoms with E-state index in [-0.39, 0.29) is 80.2 Å². The highest BCUT2D eigenvalue weighted by atomic mass is 16.5. The fourth-order valence-electron chi connectivity index (χ4n) is 8.09. The van der Waals surface area contributed by atoms with Gasteiger partial charge in [0.2, 0.25) is 0 Å². The summed E-state index contributed by atoms with van der Waals surface area (Å²) in [5.74, 6) is -8.43. The van der Waals surface area contributed by atoms with Crippen LogP contribution in [0.3, 0.4) is 0 Å². The van der Waals surface area contributed by atoms with Crippen LogP contribution in [0.15, 0.2) is 48.5 Å². The van der Waals surface area contributed by atoms with E-state index < -0.39 is 100 Å². The van der Waals surface area contributed by atoms with Gasteiger partial charge in [0.1, 0.15) is 69.5 Å². The quantitative estimate of drug-likeness (QED) is 0.0664. The van der Waals surface area contributed by atoms with Crippen LogP contribution in [-0.2, 0) is 12.8 Å². The zero-order valence-corrected chi connectivity index (χ0v) is 31.8. The molecule has 59 heavy (non-hydrogen) atoms. The number of hydrogen-bond acceptors (Lipinski definition) is 16. The van der Waals surface area contributed by atoms with Crippen molar-refractivity contribution in [3.8, 4) is 74.7 Å². The lowest BCUT2D eigenvalue weighted by Crippen LogP contribution is -2.37.